The summed E-state index contributed by atoms with van der Waals surface area (Å²) in [6.07, 6.45) is -2.30. The number of benzene rings is 1. The van der Waals surface area contributed by atoms with Gasteiger partial charge in [0.15, 0.2) is 17.4 Å². The molecule has 0 saturated heterocycles. The third kappa shape index (κ3) is 6.20. The summed E-state index contributed by atoms with van der Waals surface area (Å²) in [4.78, 5) is 17.4. The molecule has 0 amide bonds. The highest BCUT2D eigenvalue weighted by molar-refractivity contribution is 7.21. The Kier molecular flexibility index (Phi) is 8.14. The lowest BCUT2D eigenvalue weighted by Crippen LogP contribution is -2.42. The lowest BCUT2D eigenvalue weighted by Gasteiger charge is -2.21. The van der Waals surface area contributed by atoms with Gasteiger partial charge in [-0.1, -0.05) is 6.07 Å². The van der Waals surface area contributed by atoms with Gasteiger partial charge in [0, 0.05) is 12.2 Å². The number of halogens is 7. The maximum Gasteiger partial charge on any atom is 0.455 e. The molecular formula is C27H25F7N6OS. The van der Waals surface area contributed by atoms with Gasteiger partial charge in [-0.2, -0.15) is 26.9 Å². The molecule has 1 unspecified atom stereocenters. The molecule has 4 aromatic rings. The molecule has 15 heteroatoms. The first-order valence-corrected chi connectivity index (χ1v) is 13.8. The van der Waals surface area contributed by atoms with E-state index in [9.17, 15) is 30.7 Å². The molecule has 2 N–H and O–H groups in total. The first-order chi connectivity index (χ1) is 19.8. The summed E-state index contributed by atoms with van der Waals surface area (Å²) < 4.78 is 99.6. The van der Waals surface area contributed by atoms with Crippen molar-refractivity contribution in [1.82, 2.24) is 19.9 Å². The molecule has 1 aromatic carbocycles. The Morgan fingerprint density at radius 2 is 1.71 bits per heavy atom. The Labute approximate surface area is 239 Å². The van der Waals surface area contributed by atoms with E-state index in [2.05, 4.69) is 25.3 Å². The van der Waals surface area contributed by atoms with Crippen LogP contribution in [0.1, 0.15) is 30.7 Å². The SMILES string of the molecule is Cc1nc(NCC(F)(F)C(F)(F)F)nc(N[C@@H]2CCC(COc3c(F)cccc3F)C2)c1-c1nc2c(C)nccc2s1. The number of hydrogen-bond acceptors (Lipinski definition) is 8. The van der Waals surface area contributed by atoms with E-state index in [0.717, 1.165) is 16.8 Å². The van der Waals surface area contributed by atoms with Crippen LogP contribution in [0.4, 0.5) is 42.5 Å². The highest BCUT2D eigenvalue weighted by Crippen LogP contribution is 2.39. The molecule has 3 aromatic heterocycles. The first kappa shape index (κ1) is 29.7. The van der Waals surface area contributed by atoms with E-state index >= 15 is 0 Å². The van der Waals surface area contributed by atoms with Gasteiger partial charge in [0.1, 0.15) is 16.3 Å². The maximum atomic E-state index is 14.0. The highest BCUT2D eigenvalue weighted by atomic mass is 32.1. The molecule has 0 bridgehead atoms. The Bertz CT molecular complexity index is 1580. The number of alkyl halides is 5. The van der Waals surface area contributed by atoms with Crippen LogP contribution in [0.2, 0.25) is 0 Å². The number of fused-ring (bicyclic) bond motifs is 1. The largest absolute Gasteiger partial charge is 0.487 e. The Morgan fingerprint density at radius 3 is 2.40 bits per heavy atom. The van der Waals surface area contributed by atoms with Crippen LogP contribution in [0, 0.1) is 31.4 Å². The molecule has 1 saturated carbocycles. The quantitative estimate of drug-likeness (QED) is 0.191. The molecule has 1 aliphatic carbocycles. The molecule has 0 spiro atoms. The smallest absolute Gasteiger partial charge is 0.455 e. The zero-order valence-electron chi connectivity index (χ0n) is 22.3. The Balaban J connectivity index is 1.40. The van der Waals surface area contributed by atoms with Gasteiger partial charge in [-0.15, -0.1) is 11.3 Å². The minimum absolute atomic E-state index is 0.0628. The van der Waals surface area contributed by atoms with Crippen LogP contribution in [-0.2, 0) is 0 Å². The summed E-state index contributed by atoms with van der Waals surface area (Å²) in [5.41, 5.74) is 2.13. The van der Waals surface area contributed by atoms with Gasteiger partial charge in [-0.05, 0) is 57.2 Å². The molecule has 5 rings (SSSR count). The third-order valence-corrected chi connectivity index (χ3v) is 7.98. The fraction of sp³-hybridized carbons (Fsp3) is 0.407. The summed E-state index contributed by atoms with van der Waals surface area (Å²) in [5, 5.41) is 5.81. The van der Waals surface area contributed by atoms with Gasteiger partial charge in [0.25, 0.3) is 0 Å². The molecule has 1 fully saturated rings. The van der Waals surface area contributed by atoms with Gasteiger partial charge in [-0.3, -0.25) is 4.98 Å². The second kappa shape index (κ2) is 11.5. The van der Waals surface area contributed by atoms with Gasteiger partial charge in [0.2, 0.25) is 5.95 Å². The van der Waals surface area contributed by atoms with Crippen molar-refractivity contribution in [2.24, 2.45) is 5.92 Å². The van der Waals surface area contributed by atoms with Crippen LogP contribution in [0.25, 0.3) is 20.8 Å². The minimum atomic E-state index is -5.74. The summed E-state index contributed by atoms with van der Waals surface area (Å²) >= 11 is 1.34. The number of thiazole rings is 1. The fourth-order valence-electron chi connectivity index (χ4n) is 4.76. The van der Waals surface area contributed by atoms with Crippen LogP contribution in [-0.4, -0.2) is 51.2 Å². The number of aromatic nitrogens is 4. The lowest BCUT2D eigenvalue weighted by atomic mass is 10.1. The standard InChI is InChI=1S/C27H25F7N6OS/c1-13-20(24-39-21-14(2)35-9-8-19(21)42-24)23(40-25(37-13)36-12-26(30,31)27(32,33)34)38-16-7-6-15(10-16)11-41-22-17(28)4-3-5-18(22)29/h3-5,8-9,15-16H,6-7,10-12H2,1-2H3,(H2,36,37,38,40)/t15?,16-/m1/s1. The summed E-state index contributed by atoms with van der Waals surface area (Å²) in [5.74, 6) is -7.32. The summed E-state index contributed by atoms with van der Waals surface area (Å²) in [6, 6.07) is 5.03. The molecule has 224 valence electrons. The molecule has 2 atom stereocenters. The molecule has 3 heterocycles. The second-order valence-electron chi connectivity index (χ2n) is 10.1. The van der Waals surface area contributed by atoms with Gasteiger partial charge >= 0.3 is 12.1 Å². The van der Waals surface area contributed by atoms with Crippen molar-refractivity contribution in [3.8, 4) is 16.3 Å². The number of aryl methyl sites for hydroxylation is 2. The average molecular weight is 615 g/mol. The van der Waals surface area contributed by atoms with E-state index in [1.165, 1.54) is 17.4 Å². The zero-order valence-corrected chi connectivity index (χ0v) is 23.1. The van der Waals surface area contributed by atoms with Crippen LogP contribution >= 0.6 is 11.3 Å². The lowest BCUT2D eigenvalue weighted by molar-refractivity contribution is -0.275. The zero-order chi connectivity index (χ0) is 30.2. The van der Waals surface area contributed by atoms with E-state index in [1.807, 2.05) is 5.32 Å². The fourth-order valence-corrected chi connectivity index (χ4v) is 5.87. The van der Waals surface area contributed by atoms with Crippen molar-refractivity contribution < 1.29 is 35.5 Å². The molecule has 7 nitrogen and oxygen atoms in total. The molecule has 0 aliphatic heterocycles. The Morgan fingerprint density at radius 1 is 0.976 bits per heavy atom. The number of para-hydroxylation sites is 1. The van der Waals surface area contributed by atoms with E-state index in [4.69, 9.17) is 4.74 Å². The van der Waals surface area contributed by atoms with Crippen molar-refractivity contribution in [3.05, 3.63) is 53.5 Å². The van der Waals surface area contributed by atoms with Crippen LogP contribution in [0.15, 0.2) is 30.5 Å². The second-order valence-corrected chi connectivity index (χ2v) is 11.1. The van der Waals surface area contributed by atoms with Gasteiger partial charge < -0.3 is 15.4 Å². The van der Waals surface area contributed by atoms with E-state index < -0.39 is 42.0 Å². The van der Waals surface area contributed by atoms with E-state index in [1.54, 1.807) is 26.1 Å². The summed E-state index contributed by atoms with van der Waals surface area (Å²) in [6.45, 7) is 1.71. The number of anilines is 2. The number of hydrogen-bond donors (Lipinski definition) is 2. The monoisotopic (exact) mass is 614 g/mol. The van der Waals surface area contributed by atoms with E-state index in [-0.39, 0.29) is 24.4 Å². The molecule has 1 aliphatic rings. The van der Waals surface area contributed by atoms with Crippen LogP contribution in [0.3, 0.4) is 0 Å². The normalized spacial score (nSPS) is 17.5. The minimum Gasteiger partial charge on any atom is -0.487 e. The number of nitrogens with zero attached hydrogens (tertiary/aromatic N) is 4. The van der Waals surface area contributed by atoms with Crippen molar-refractivity contribution in [2.75, 3.05) is 23.8 Å². The van der Waals surface area contributed by atoms with Gasteiger partial charge in [0.05, 0.1) is 34.8 Å². The van der Waals surface area contributed by atoms with Crippen molar-refractivity contribution in [2.45, 2.75) is 51.3 Å². The summed E-state index contributed by atoms with van der Waals surface area (Å²) in [7, 11) is 0. The number of ether oxygens (including phenoxy) is 1. The Hall–Kier alpha value is -3.75. The predicted molar refractivity (Wildman–Crippen MR) is 144 cm³/mol. The molecule has 0 radical (unpaired) electrons. The van der Waals surface area contributed by atoms with Crippen LogP contribution < -0.4 is 15.4 Å². The first-order valence-electron chi connectivity index (χ1n) is 13.0. The van der Waals surface area contributed by atoms with Crippen LogP contribution in [0.5, 0.6) is 5.75 Å². The topological polar surface area (TPSA) is 84.9 Å². The molecule has 42 heavy (non-hydrogen) atoms. The third-order valence-electron chi connectivity index (χ3n) is 6.94. The maximum absolute atomic E-state index is 14.0. The van der Waals surface area contributed by atoms with Crippen molar-refractivity contribution in [1.29, 1.82) is 0 Å². The number of nitrogens with one attached hydrogen (secondary N) is 2. The van der Waals surface area contributed by atoms with E-state index in [0.29, 0.717) is 46.7 Å². The predicted octanol–water partition coefficient (Wildman–Crippen LogP) is 7.31. The van der Waals surface area contributed by atoms with Crippen molar-refractivity contribution >= 4 is 33.3 Å². The number of rotatable bonds is 9. The van der Waals surface area contributed by atoms with Crippen molar-refractivity contribution in [3.63, 3.8) is 0 Å². The van der Waals surface area contributed by atoms with Gasteiger partial charge in [-0.25, -0.2) is 18.7 Å². The number of pyridine rings is 1. The molecular weight excluding hydrogens is 589 g/mol. The average Bonchev–Trinajstić information content (AvgIpc) is 3.54. The highest BCUT2D eigenvalue weighted by Gasteiger charge is 2.57.